The summed E-state index contributed by atoms with van der Waals surface area (Å²) in [5.74, 6) is -0.101. The molecule has 24 heavy (non-hydrogen) atoms. The lowest BCUT2D eigenvalue weighted by molar-refractivity contribution is 0.0508. The molecule has 0 saturated heterocycles. The van der Waals surface area contributed by atoms with E-state index in [1.807, 2.05) is 11.5 Å². The highest BCUT2D eigenvalue weighted by Crippen LogP contribution is 2.32. The molecular weight excluding hydrogens is 320 g/mol. The standard InChI is InChI=1S/C19H24N2O2S/c1-4-23-18(22)17-16(12(2)3)20-19(24)21(17)15-10-9-13-7-5-6-8-14(13)11-15/h5-8,12,15H,4,9-11H2,1-3H3,(H,20,24). The Balaban J connectivity index is 2.05. The number of ether oxygens (including phenoxy) is 1. The number of nitrogens with one attached hydrogen (secondary N) is 1. The first kappa shape index (κ1) is 17.0. The molecule has 0 aliphatic heterocycles. The zero-order chi connectivity index (χ0) is 17.3. The van der Waals surface area contributed by atoms with E-state index >= 15 is 0 Å². The Morgan fingerprint density at radius 2 is 2.08 bits per heavy atom. The minimum atomic E-state index is -0.285. The summed E-state index contributed by atoms with van der Waals surface area (Å²) in [5.41, 5.74) is 4.22. The first-order valence-corrected chi connectivity index (χ1v) is 9.02. The smallest absolute Gasteiger partial charge is 0.356 e. The van der Waals surface area contributed by atoms with Gasteiger partial charge in [0.25, 0.3) is 0 Å². The van der Waals surface area contributed by atoms with Gasteiger partial charge in [-0.1, -0.05) is 38.1 Å². The lowest BCUT2D eigenvalue weighted by Crippen LogP contribution is -2.23. The van der Waals surface area contributed by atoms with Gasteiger partial charge in [-0.25, -0.2) is 4.79 Å². The summed E-state index contributed by atoms with van der Waals surface area (Å²) in [5, 5.41) is 0. The van der Waals surface area contributed by atoms with Gasteiger partial charge >= 0.3 is 5.97 Å². The van der Waals surface area contributed by atoms with Gasteiger partial charge in [-0.05, 0) is 55.4 Å². The molecule has 4 nitrogen and oxygen atoms in total. The number of esters is 1. The third-order valence-corrected chi connectivity index (χ3v) is 4.99. The van der Waals surface area contributed by atoms with Gasteiger partial charge in [0.05, 0.1) is 12.3 Å². The zero-order valence-electron chi connectivity index (χ0n) is 14.5. The van der Waals surface area contributed by atoms with Crippen molar-refractivity contribution in [3.8, 4) is 0 Å². The maximum Gasteiger partial charge on any atom is 0.356 e. The fourth-order valence-electron chi connectivity index (χ4n) is 3.54. The largest absolute Gasteiger partial charge is 0.461 e. The number of hydrogen-bond donors (Lipinski definition) is 1. The van der Waals surface area contributed by atoms with Gasteiger partial charge in [0.2, 0.25) is 0 Å². The van der Waals surface area contributed by atoms with Crippen molar-refractivity contribution < 1.29 is 9.53 Å². The average Bonchev–Trinajstić information content (AvgIpc) is 2.92. The first-order valence-electron chi connectivity index (χ1n) is 8.61. The second-order valence-electron chi connectivity index (χ2n) is 6.60. The molecule has 1 aliphatic carbocycles. The van der Waals surface area contributed by atoms with Crippen LogP contribution in [-0.2, 0) is 17.6 Å². The number of benzene rings is 1. The summed E-state index contributed by atoms with van der Waals surface area (Å²) in [6.45, 7) is 6.31. The van der Waals surface area contributed by atoms with Crippen molar-refractivity contribution in [1.29, 1.82) is 0 Å². The molecule has 5 heteroatoms. The number of carbonyl (C=O) groups excluding carboxylic acids is 1. The molecule has 0 bridgehead atoms. The molecule has 3 rings (SSSR count). The Morgan fingerprint density at radius 1 is 1.38 bits per heavy atom. The fourth-order valence-corrected chi connectivity index (χ4v) is 3.89. The third kappa shape index (κ3) is 3.05. The molecule has 0 fully saturated rings. The number of aromatic amines is 1. The normalized spacial score (nSPS) is 16.9. The molecule has 0 spiro atoms. The summed E-state index contributed by atoms with van der Waals surface area (Å²) < 4.78 is 7.92. The van der Waals surface area contributed by atoms with Crippen molar-refractivity contribution >= 4 is 18.2 Å². The van der Waals surface area contributed by atoms with Crippen LogP contribution >= 0.6 is 12.2 Å². The SMILES string of the molecule is CCOC(=O)c1c(C(C)C)[nH]c(=S)n1C1CCc2ccccc2C1. The number of fused-ring (bicyclic) bond motifs is 1. The van der Waals surface area contributed by atoms with Crippen LogP contribution in [0.4, 0.5) is 0 Å². The summed E-state index contributed by atoms with van der Waals surface area (Å²) in [6, 6.07) is 8.71. The molecule has 1 aromatic carbocycles. The van der Waals surface area contributed by atoms with Crippen LogP contribution in [0.25, 0.3) is 0 Å². The predicted octanol–water partition coefficient (Wildman–Crippen LogP) is 4.58. The first-order chi connectivity index (χ1) is 11.5. The Labute approximate surface area is 147 Å². The van der Waals surface area contributed by atoms with Gasteiger partial charge in [-0.15, -0.1) is 0 Å². The highest BCUT2D eigenvalue weighted by atomic mass is 32.1. The van der Waals surface area contributed by atoms with Crippen LogP contribution in [0, 0.1) is 4.77 Å². The Kier molecular flexibility index (Phi) is 4.90. The van der Waals surface area contributed by atoms with Crippen molar-refractivity contribution in [2.24, 2.45) is 0 Å². The fraction of sp³-hybridized carbons (Fsp3) is 0.474. The number of rotatable bonds is 4. The third-order valence-electron chi connectivity index (χ3n) is 4.69. The van der Waals surface area contributed by atoms with Crippen LogP contribution in [0.2, 0.25) is 0 Å². The van der Waals surface area contributed by atoms with Gasteiger partial charge in [0.1, 0.15) is 5.69 Å². The van der Waals surface area contributed by atoms with Crippen LogP contribution in [0.15, 0.2) is 24.3 Å². The molecule has 0 saturated carbocycles. The molecule has 2 aromatic rings. The number of aryl methyl sites for hydroxylation is 1. The second-order valence-corrected chi connectivity index (χ2v) is 6.99. The molecule has 1 unspecified atom stereocenters. The topological polar surface area (TPSA) is 47.0 Å². The molecule has 0 radical (unpaired) electrons. The molecule has 0 amide bonds. The summed E-state index contributed by atoms with van der Waals surface area (Å²) >= 11 is 5.56. The van der Waals surface area contributed by atoms with Crippen LogP contribution in [0.5, 0.6) is 0 Å². The van der Waals surface area contributed by atoms with Gasteiger partial charge in [-0.2, -0.15) is 0 Å². The molecule has 1 atom stereocenters. The quantitative estimate of drug-likeness (QED) is 0.652. The van der Waals surface area contributed by atoms with Crippen molar-refractivity contribution in [2.75, 3.05) is 6.61 Å². The van der Waals surface area contributed by atoms with E-state index in [1.165, 1.54) is 11.1 Å². The highest BCUT2D eigenvalue weighted by molar-refractivity contribution is 7.71. The molecular formula is C19H24N2O2S. The number of aromatic nitrogens is 2. The Hall–Kier alpha value is -1.88. The highest BCUT2D eigenvalue weighted by Gasteiger charge is 2.29. The summed E-state index contributed by atoms with van der Waals surface area (Å²) in [4.78, 5) is 15.8. The Bertz CT molecular complexity index is 804. The number of carbonyl (C=O) groups is 1. The van der Waals surface area contributed by atoms with Crippen LogP contribution < -0.4 is 0 Å². The van der Waals surface area contributed by atoms with E-state index in [0.717, 1.165) is 25.0 Å². The lowest BCUT2D eigenvalue weighted by Gasteiger charge is -2.27. The molecule has 1 aromatic heterocycles. The molecule has 1 heterocycles. The van der Waals surface area contributed by atoms with Crippen LogP contribution in [0.1, 0.15) is 66.5 Å². The van der Waals surface area contributed by atoms with Crippen molar-refractivity contribution in [1.82, 2.24) is 9.55 Å². The van der Waals surface area contributed by atoms with Gasteiger partial charge in [0.15, 0.2) is 4.77 Å². The number of hydrogen-bond acceptors (Lipinski definition) is 3. The number of nitrogens with zero attached hydrogens (tertiary/aromatic N) is 1. The lowest BCUT2D eigenvalue weighted by atomic mass is 9.88. The minimum Gasteiger partial charge on any atom is -0.461 e. The number of H-pyrrole nitrogens is 1. The number of imidazole rings is 1. The van der Waals surface area contributed by atoms with Crippen molar-refractivity contribution in [3.63, 3.8) is 0 Å². The van der Waals surface area contributed by atoms with Gasteiger partial charge in [0, 0.05) is 6.04 Å². The van der Waals surface area contributed by atoms with E-state index < -0.39 is 0 Å². The van der Waals surface area contributed by atoms with Gasteiger partial charge < -0.3 is 14.3 Å². The van der Waals surface area contributed by atoms with E-state index in [0.29, 0.717) is 17.1 Å². The maximum absolute atomic E-state index is 12.6. The van der Waals surface area contributed by atoms with Crippen molar-refractivity contribution in [3.05, 3.63) is 51.6 Å². The maximum atomic E-state index is 12.6. The van der Waals surface area contributed by atoms with E-state index in [9.17, 15) is 4.79 Å². The van der Waals surface area contributed by atoms with Crippen LogP contribution in [0.3, 0.4) is 0 Å². The molecule has 1 aliphatic rings. The summed E-state index contributed by atoms with van der Waals surface area (Å²) in [6.07, 6.45) is 2.88. The second kappa shape index (κ2) is 6.93. The average molecular weight is 344 g/mol. The molecule has 1 N–H and O–H groups in total. The van der Waals surface area contributed by atoms with E-state index in [1.54, 1.807) is 0 Å². The minimum absolute atomic E-state index is 0.184. The van der Waals surface area contributed by atoms with Gasteiger partial charge in [-0.3, -0.25) is 0 Å². The van der Waals surface area contributed by atoms with E-state index in [-0.39, 0.29) is 17.9 Å². The predicted molar refractivity (Wildman–Crippen MR) is 97.2 cm³/mol. The van der Waals surface area contributed by atoms with Crippen LogP contribution in [-0.4, -0.2) is 22.1 Å². The Morgan fingerprint density at radius 3 is 2.75 bits per heavy atom. The monoisotopic (exact) mass is 344 g/mol. The van der Waals surface area contributed by atoms with Crippen molar-refractivity contribution in [2.45, 2.75) is 52.0 Å². The zero-order valence-corrected chi connectivity index (χ0v) is 15.3. The molecule has 128 valence electrons. The van der Waals surface area contributed by atoms with E-state index in [4.69, 9.17) is 17.0 Å². The van der Waals surface area contributed by atoms with E-state index in [2.05, 4.69) is 43.1 Å². The summed E-state index contributed by atoms with van der Waals surface area (Å²) in [7, 11) is 0.